The van der Waals surface area contributed by atoms with Gasteiger partial charge < -0.3 is 5.32 Å². The Morgan fingerprint density at radius 3 is 2.56 bits per heavy atom. The molecule has 92 valence electrons. The quantitative estimate of drug-likeness (QED) is 0.897. The maximum absolute atomic E-state index is 11.9. The predicted octanol–water partition coefficient (Wildman–Crippen LogP) is 4.28. The van der Waals surface area contributed by atoms with Crippen molar-refractivity contribution in [3.05, 3.63) is 63.6 Å². The number of hydrogen-bond acceptors (Lipinski definition) is 1. The van der Waals surface area contributed by atoms with Gasteiger partial charge in [0.15, 0.2) is 0 Å². The number of hydrogen-bond donors (Lipinski definition) is 1. The van der Waals surface area contributed by atoms with E-state index in [0.29, 0.717) is 21.6 Å². The molecule has 0 fully saturated rings. The Bertz CT molecular complexity index is 557. The van der Waals surface area contributed by atoms with Gasteiger partial charge >= 0.3 is 0 Å². The minimum atomic E-state index is -0.0656. The number of carbonyl (C=O) groups is 1. The molecule has 0 saturated heterocycles. The predicted molar refractivity (Wildman–Crippen MR) is 77.9 cm³/mol. The van der Waals surface area contributed by atoms with E-state index >= 15 is 0 Å². The topological polar surface area (TPSA) is 29.1 Å². The van der Waals surface area contributed by atoms with Gasteiger partial charge in [0.05, 0.1) is 21.6 Å². The normalized spacial score (nSPS) is 10.1. The van der Waals surface area contributed by atoms with Gasteiger partial charge in [-0.15, -0.1) is 0 Å². The summed E-state index contributed by atoms with van der Waals surface area (Å²) < 4.78 is 0.702. The van der Waals surface area contributed by atoms with Gasteiger partial charge in [0.1, 0.15) is 0 Å². The summed E-state index contributed by atoms with van der Waals surface area (Å²) in [5.74, 6) is -0.0656. The maximum Gasteiger partial charge on any atom is 0.228 e. The molecule has 0 aliphatic rings. The van der Waals surface area contributed by atoms with Crippen LogP contribution >= 0.6 is 27.5 Å². The molecule has 1 amide bonds. The Labute approximate surface area is 119 Å². The second kappa shape index (κ2) is 6.03. The van der Waals surface area contributed by atoms with E-state index in [-0.39, 0.29) is 5.91 Å². The van der Waals surface area contributed by atoms with Crippen LogP contribution in [0, 0.1) is 0 Å². The highest BCUT2D eigenvalue weighted by Gasteiger charge is 2.08. The van der Waals surface area contributed by atoms with Crippen molar-refractivity contribution in [2.24, 2.45) is 0 Å². The highest BCUT2D eigenvalue weighted by atomic mass is 79.9. The smallest absolute Gasteiger partial charge is 0.228 e. The molecule has 0 spiro atoms. The van der Waals surface area contributed by atoms with E-state index in [2.05, 4.69) is 21.2 Å². The van der Waals surface area contributed by atoms with Crippen molar-refractivity contribution in [2.75, 3.05) is 5.32 Å². The van der Waals surface area contributed by atoms with Crippen LogP contribution < -0.4 is 5.32 Å². The molecule has 0 unspecified atom stereocenters. The first kappa shape index (κ1) is 13.1. The maximum atomic E-state index is 11.9. The van der Waals surface area contributed by atoms with E-state index in [0.717, 1.165) is 5.56 Å². The van der Waals surface area contributed by atoms with E-state index in [9.17, 15) is 4.79 Å². The molecule has 0 atom stereocenters. The second-order valence-electron chi connectivity index (χ2n) is 3.81. The van der Waals surface area contributed by atoms with Crippen molar-refractivity contribution in [3.63, 3.8) is 0 Å². The molecule has 0 aromatic heterocycles. The van der Waals surface area contributed by atoms with Gasteiger partial charge in [-0.05, 0) is 33.6 Å². The number of anilines is 1. The third-order valence-corrected chi connectivity index (χ3v) is 3.83. The highest BCUT2D eigenvalue weighted by Crippen LogP contribution is 2.30. The molecule has 0 heterocycles. The zero-order chi connectivity index (χ0) is 13.0. The van der Waals surface area contributed by atoms with Crippen LogP contribution in [0.25, 0.3) is 0 Å². The molecule has 0 saturated carbocycles. The van der Waals surface area contributed by atoms with Gasteiger partial charge in [0.25, 0.3) is 0 Å². The lowest BCUT2D eigenvalue weighted by Gasteiger charge is -2.08. The highest BCUT2D eigenvalue weighted by molar-refractivity contribution is 9.10. The van der Waals surface area contributed by atoms with E-state index in [1.165, 1.54) is 0 Å². The van der Waals surface area contributed by atoms with Crippen LogP contribution in [0.5, 0.6) is 0 Å². The van der Waals surface area contributed by atoms with Crippen LogP contribution in [0.3, 0.4) is 0 Å². The molecule has 4 heteroatoms. The number of amides is 1. The van der Waals surface area contributed by atoms with E-state index < -0.39 is 0 Å². The summed E-state index contributed by atoms with van der Waals surface area (Å²) in [5, 5.41) is 3.41. The summed E-state index contributed by atoms with van der Waals surface area (Å²) in [6.07, 6.45) is 0.347. The fourth-order valence-corrected chi connectivity index (χ4v) is 2.11. The monoisotopic (exact) mass is 323 g/mol. The molecular formula is C14H11BrClNO. The van der Waals surface area contributed by atoms with Crippen LogP contribution in [0.1, 0.15) is 5.56 Å². The lowest BCUT2D eigenvalue weighted by atomic mass is 10.1. The minimum Gasteiger partial charge on any atom is -0.325 e. The molecule has 0 aliphatic carbocycles. The van der Waals surface area contributed by atoms with Crippen molar-refractivity contribution in [1.29, 1.82) is 0 Å². The SMILES string of the molecule is O=C(Cc1ccccc1)Nc1cccc(Cl)c1Br. The molecule has 2 aromatic carbocycles. The Kier molecular flexibility index (Phi) is 4.39. The van der Waals surface area contributed by atoms with Gasteiger partial charge in [0.2, 0.25) is 5.91 Å². The third kappa shape index (κ3) is 3.34. The molecule has 0 aliphatic heterocycles. The first-order valence-electron chi connectivity index (χ1n) is 5.44. The number of halogens is 2. The molecule has 0 radical (unpaired) electrons. The van der Waals surface area contributed by atoms with E-state index in [1.54, 1.807) is 18.2 Å². The zero-order valence-electron chi connectivity index (χ0n) is 9.49. The average Bonchev–Trinajstić information content (AvgIpc) is 2.36. The Morgan fingerprint density at radius 1 is 1.11 bits per heavy atom. The Hall–Kier alpha value is -1.32. The van der Waals surface area contributed by atoms with Crippen molar-refractivity contribution < 1.29 is 4.79 Å². The zero-order valence-corrected chi connectivity index (χ0v) is 11.8. The van der Waals surface area contributed by atoms with Crippen molar-refractivity contribution >= 4 is 39.1 Å². The third-order valence-electron chi connectivity index (χ3n) is 2.43. The fraction of sp³-hybridized carbons (Fsp3) is 0.0714. The molecule has 2 nitrogen and oxygen atoms in total. The molecule has 1 N–H and O–H groups in total. The van der Waals surface area contributed by atoms with Gasteiger partial charge in [-0.1, -0.05) is 48.0 Å². The molecule has 0 bridgehead atoms. The van der Waals surface area contributed by atoms with Gasteiger partial charge in [0, 0.05) is 0 Å². The van der Waals surface area contributed by atoms with Gasteiger partial charge in [-0.3, -0.25) is 4.79 Å². The number of rotatable bonds is 3. The summed E-state index contributed by atoms with van der Waals surface area (Å²) in [4.78, 5) is 11.9. The Balaban J connectivity index is 2.06. The first-order valence-corrected chi connectivity index (χ1v) is 6.61. The number of nitrogens with one attached hydrogen (secondary N) is 1. The summed E-state index contributed by atoms with van der Waals surface area (Å²) in [5.41, 5.74) is 1.66. The Morgan fingerprint density at radius 2 is 1.83 bits per heavy atom. The molecule has 2 aromatic rings. The van der Waals surface area contributed by atoms with Crippen LogP contribution in [-0.4, -0.2) is 5.91 Å². The second-order valence-corrected chi connectivity index (χ2v) is 5.01. The van der Waals surface area contributed by atoms with Crippen LogP contribution in [0.2, 0.25) is 5.02 Å². The van der Waals surface area contributed by atoms with Crippen LogP contribution in [-0.2, 0) is 11.2 Å². The molecular weight excluding hydrogens is 314 g/mol. The fourth-order valence-electron chi connectivity index (χ4n) is 1.58. The van der Waals surface area contributed by atoms with Gasteiger partial charge in [-0.2, -0.15) is 0 Å². The number of benzene rings is 2. The van der Waals surface area contributed by atoms with Crippen molar-refractivity contribution in [1.82, 2.24) is 0 Å². The lowest BCUT2D eigenvalue weighted by Crippen LogP contribution is -2.14. The largest absolute Gasteiger partial charge is 0.325 e. The summed E-state index contributed by atoms with van der Waals surface area (Å²) in [6.45, 7) is 0. The minimum absolute atomic E-state index is 0.0656. The van der Waals surface area contributed by atoms with Crippen LogP contribution in [0.15, 0.2) is 53.0 Å². The number of carbonyl (C=O) groups excluding carboxylic acids is 1. The summed E-state index contributed by atoms with van der Waals surface area (Å²) in [6, 6.07) is 15.0. The average molecular weight is 325 g/mol. The first-order chi connectivity index (χ1) is 8.66. The molecule has 18 heavy (non-hydrogen) atoms. The molecule has 2 rings (SSSR count). The standard InChI is InChI=1S/C14H11BrClNO/c15-14-11(16)7-4-8-12(14)17-13(18)9-10-5-2-1-3-6-10/h1-8H,9H2,(H,17,18). The van der Waals surface area contributed by atoms with Gasteiger partial charge in [-0.25, -0.2) is 0 Å². The van der Waals surface area contributed by atoms with Crippen LogP contribution in [0.4, 0.5) is 5.69 Å². The van der Waals surface area contributed by atoms with E-state index in [1.807, 2.05) is 30.3 Å². The van der Waals surface area contributed by atoms with Crippen molar-refractivity contribution in [2.45, 2.75) is 6.42 Å². The summed E-state index contributed by atoms with van der Waals surface area (Å²) >= 11 is 9.31. The van der Waals surface area contributed by atoms with Crippen molar-refractivity contribution in [3.8, 4) is 0 Å². The lowest BCUT2D eigenvalue weighted by molar-refractivity contribution is -0.115. The summed E-state index contributed by atoms with van der Waals surface area (Å²) in [7, 11) is 0. The van der Waals surface area contributed by atoms with E-state index in [4.69, 9.17) is 11.6 Å².